The highest BCUT2D eigenvalue weighted by Crippen LogP contribution is 2.24. The van der Waals surface area contributed by atoms with Crippen LogP contribution in [0.4, 0.5) is 13.2 Å². The van der Waals surface area contributed by atoms with E-state index in [1.54, 1.807) is 12.1 Å². The summed E-state index contributed by atoms with van der Waals surface area (Å²) in [7, 11) is 1.44. The van der Waals surface area contributed by atoms with Gasteiger partial charge in [0.15, 0.2) is 11.6 Å². The van der Waals surface area contributed by atoms with Gasteiger partial charge in [0.1, 0.15) is 11.6 Å². The average molecular weight is 296 g/mol. The molecule has 0 aliphatic carbocycles. The number of halogens is 3. The highest BCUT2D eigenvalue weighted by molar-refractivity contribution is 5.32. The first-order valence-corrected chi connectivity index (χ1v) is 6.28. The number of methoxy groups -OCH3 is 1. The molecule has 0 aromatic heterocycles. The van der Waals surface area contributed by atoms with Crippen LogP contribution >= 0.6 is 0 Å². The second kappa shape index (κ2) is 6.60. The first-order chi connectivity index (χ1) is 10.0. The maximum Gasteiger partial charge on any atom is 0.159 e. The normalized spacial score (nSPS) is 12.2. The van der Waals surface area contributed by atoms with Gasteiger partial charge in [0.2, 0.25) is 0 Å². The van der Waals surface area contributed by atoms with E-state index in [1.165, 1.54) is 19.2 Å². The number of nitrogens with one attached hydrogen (secondary N) is 1. The molecule has 112 valence electrons. The molecule has 3 N–H and O–H groups in total. The standard InChI is InChI=1S/C15H15F3N2O/c1-21-10-3-4-11(13(17)8-10)15(20-19)7-9-2-5-12(16)14(18)6-9/h2-6,8,15,20H,7,19H2,1H3. The number of hydrogen-bond acceptors (Lipinski definition) is 3. The van der Waals surface area contributed by atoms with Gasteiger partial charge in [-0.05, 0) is 30.2 Å². The van der Waals surface area contributed by atoms with Crippen LogP contribution in [-0.2, 0) is 6.42 Å². The van der Waals surface area contributed by atoms with Crippen LogP contribution in [0.1, 0.15) is 17.2 Å². The zero-order valence-corrected chi connectivity index (χ0v) is 11.4. The lowest BCUT2D eigenvalue weighted by atomic mass is 9.98. The van der Waals surface area contributed by atoms with Crippen LogP contribution in [0, 0.1) is 17.5 Å². The lowest BCUT2D eigenvalue weighted by molar-refractivity contribution is 0.409. The molecule has 1 atom stereocenters. The molecule has 0 aliphatic heterocycles. The minimum Gasteiger partial charge on any atom is -0.497 e. The molecule has 0 bridgehead atoms. The van der Waals surface area contributed by atoms with Crippen molar-refractivity contribution in [3.05, 3.63) is 65.0 Å². The van der Waals surface area contributed by atoms with Crippen molar-refractivity contribution in [2.45, 2.75) is 12.5 Å². The highest BCUT2D eigenvalue weighted by atomic mass is 19.2. The lowest BCUT2D eigenvalue weighted by Crippen LogP contribution is -2.30. The van der Waals surface area contributed by atoms with Gasteiger partial charge < -0.3 is 4.74 Å². The van der Waals surface area contributed by atoms with Gasteiger partial charge in [-0.2, -0.15) is 0 Å². The number of hydrogen-bond donors (Lipinski definition) is 2. The quantitative estimate of drug-likeness (QED) is 0.659. The third-order valence-electron chi connectivity index (χ3n) is 3.21. The second-order valence-electron chi connectivity index (χ2n) is 4.56. The fraction of sp³-hybridized carbons (Fsp3) is 0.200. The fourth-order valence-corrected chi connectivity index (χ4v) is 2.08. The van der Waals surface area contributed by atoms with Crippen molar-refractivity contribution in [1.29, 1.82) is 0 Å². The maximum atomic E-state index is 14.0. The van der Waals surface area contributed by atoms with Gasteiger partial charge in [0.05, 0.1) is 13.2 Å². The molecular formula is C15H15F3N2O. The Labute approximate surface area is 120 Å². The third-order valence-corrected chi connectivity index (χ3v) is 3.21. The molecule has 0 fully saturated rings. The monoisotopic (exact) mass is 296 g/mol. The lowest BCUT2D eigenvalue weighted by Gasteiger charge is -2.18. The summed E-state index contributed by atoms with van der Waals surface area (Å²) in [6, 6.07) is 7.35. The summed E-state index contributed by atoms with van der Waals surface area (Å²) in [4.78, 5) is 0. The number of benzene rings is 2. The molecule has 2 aromatic carbocycles. The largest absolute Gasteiger partial charge is 0.497 e. The molecule has 0 heterocycles. The summed E-state index contributed by atoms with van der Waals surface area (Å²) in [5, 5.41) is 0. The Morgan fingerprint density at radius 1 is 1.05 bits per heavy atom. The summed E-state index contributed by atoms with van der Waals surface area (Å²) in [5.41, 5.74) is 3.31. The van der Waals surface area contributed by atoms with Crippen LogP contribution in [-0.4, -0.2) is 7.11 Å². The average Bonchev–Trinajstić information content (AvgIpc) is 2.48. The Hall–Kier alpha value is -2.05. The molecule has 0 aliphatic rings. The van der Waals surface area contributed by atoms with E-state index in [2.05, 4.69) is 5.43 Å². The van der Waals surface area contributed by atoms with E-state index in [1.807, 2.05) is 0 Å². The van der Waals surface area contributed by atoms with E-state index in [9.17, 15) is 13.2 Å². The minimum atomic E-state index is -0.946. The molecule has 21 heavy (non-hydrogen) atoms. The van der Waals surface area contributed by atoms with Crippen molar-refractivity contribution in [3.8, 4) is 5.75 Å². The molecule has 0 spiro atoms. The van der Waals surface area contributed by atoms with E-state index in [0.717, 1.165) is 12.1 Å². The Kier molecular flexibility index (Phi) is 4.82. The van der Waals surface area contributed by atoms with E-state index >= 15 is 0 Å². The van der Waals surface area contributed by atoms with E-state index in [0.29, 0.717) is 16.9 Å². The molecule has 1 unspecified atom stereocenters. The zero-order chi connectivity index (χ0) is 15.4. The molecule has 6 heteroatoms. The first kappa shape index (κ1) is 15.3. The number of nitrogens with two attached hydrogens (primary N) is 1. The number of hydrazine groups is 1. The van der Waals surface area contributed by atoms with Crippen LogP contribution < -0.4 is 16.0 Å². The van der Waals surface area contributed by atoms with Crippen LogP contribution in [0.25, 0.3) is 0 Å². The number of ether oxygens (including phenoxy) is 1. The van der Waals surface area contributed by atoms with Crippen molar-refractivity contribution in [3.63, 3.8) is 0 Å². The topological polar surface area (TPSA) is 47.3 Å². The molecule has 0 saturated carbocycles. The van der Waals surface area contributed by atoms with Gasteiger partial charge in [0, 0.05) is 11.6 Å². The molecule has 0 amide bonds. The predicted octanol–water partition coefficient (Wildman–Crippen LogP) is 2.86. The van der Waals surface area contributed by atoms with Gasteiger partial charge in [-0.15, -0.1) is 0 Å². The molecule has 3 nitrogen and oxygen atoms in total. The zero-order valence-electron chi connectivity index (χ0n) is 11.4. The Morgan fingerprint density at radius 2 is 1.81 bits per heavy atom. The van der Waals surface area contributed by atoms with Crippen LogP contribution in [0.5, 0.6) is 5.75 Å². The van der Waals surface area contributed by atoms with Gasteiger partial charge in [0.25, 0.3) is 0 Å². The van der Waals surface area contributed by atoms with E-state index in [4.69, 9.17) is 10.6 Å². The Balaban J connectivity index is 2.25. The van der Waals surface area contributed by atoms with Crippen LogP contribution in [0.2, 0.25) is 0 Å². The molecule has 2 rings (SSSR count). The van der Waals surface area contributed by atoms with Gasteiger partial charge >= 0.3 is 0 Å². The summed E-state index contributed by atoms with van der Waals surface area (Å²) in [6.45, 7) is 0. The summed E-state index contributed by atoms with van der Waals surface area (Å²) < 4.78 is 45.0. The van der Waals surface area contributed by atoms with E-state index in [-0.39, 0.29) is 6.42 Å². The Bertz CT molecular complexity index is 634. The van der Waals surface area contributed by atoms with Crippen molar-refractivity contribution in [2.75, 3.05) is 7.11 Å². The first-order valence-electron chi connectivity index (χ1n) is 6.28. The van der Waals surface area contributed by atoms with Crippen LogP contribution in [0.3, 0.4) is 0 Å². The SMILES string of the molecule is COc1ccc(C(Cc2ccc(F)c(F)c2)NN)c(F)c1. The summed E-state index contributed by atoms with van der Waals surface area (Å²) in [6.07, 6.45) is 0.219. The fourth-order valence-electron chi connectivity index (χ4n) is 2.08. The number of rotatable bonds is 5. The maximum absolute atomic E-state index is 14.0. The van der Waals surface area contributed by atoms with Crippen LogP contribution in [0.15, 0.2) is 36.4 Å². The Morgan fingerprint density at radius 3 is 2.38 bits per heavy atom. The third kappa shape index (κ3) is 3.53. The summed E-state index contributed by atoms with van der Waals surface area (Å²) >= 11 is 0. The second-order valence-corrected chi connectivity index (χ2v) is 4.56. The van der Waals surface area contributed by atoms with Gasteiger partial charge in [-0.25, -0.2) is 13.2 Å². The predicted molar refractivity (Wildman–Crippen MR) is 73.1 cm³/mol. The minimum absolute atomic E-state index is 0.219. The van der Waals surface area contributed by atoms with E-state index < -0.39 is 23.5 Å². The molecule has 0 radical (unpaired) electrons. The molecule has 2 aromatic rings. The van der Waals surface area contributed by atoms with Crippen molar-refractivity contribution in [1.82, 2.24) is 5.43 Å². The smallest absolute Gasteiger partial charge is 0.159 e. The molecule has 0 saturated heterocycles. The highest BCUT2D eigenvalue weighted by Gasteiger charge is 2.16. The van der Waals surface area contributed by atoms with Crippen molar-refractivity contribution < 1.29 is 17.9 Å². The summed E-state index contributed by atoms with van der Waals surface area (Å²) in [5.74, 6) is 3.48. The van der Waals surface area contributed by atoms with Crippen molar-refractivity contribution >= 4 is 0 Å². The van der Waals surface area contributed by atoms with Gasteiger partial charge in [-0.1, -0.05) is 12.1 Å². The van der Waals surface area contributed by atoms with Gasteiger partial charge in [-0.3, -0.25) is 11.3 Å². The molecular weight excluding hydrogens is 281 g/mol. The van der Waals surface area contributed by atoms with Crippen molar-refractivity contribution in [2.24, 2.45) is 5.84 Å².